The van der Waals surface area contributed by atoms with Crippen LogP contribution in [0.2, 0.25) is 0 Å². The van der Waals surface area contributed by atoms with Crippen LogP contribution in [0, 0.1) is 13.8 Å². The van der Waals surface area contributed by atoms with E-state index in [4.69, 9.17) is 13.9 Å². The number of nitrogens with one attached hydrogen (secondary N) is 1. The zero-order chi connectivity index (χ0) is 17.8. The molecule has 0 radical (unpaired) electrons. The third-order valence-electron chi connectivity index (χ3n) is 4.09. The van der Waals surface area contributed by atoms with Gasteiger partial charge in [0.2, 0.25) is 0 Å². The van der Waals surface area contributed by atoms with E-state index in [1.165, 1.54) is 11.1 Å². The van der Waals surface area contributed by atoms with Gasteiger partial charge in [-0.3, -0.25) is 4.79 Å². The Bertz CT molecular complexity index is 898. The standard InChI is InChI=1S/C20H21NO4/c1-13-7-8-16(11-14(13)2)24-10-9-21-20(22)18-12-15-5-4-6-17(23-3)19(15)25-18/h4-8,11-12H,9-10H2,1-3H3,(H,21,22). The number of aryl methyl sites for hydroxylation is 2. The van der Waals surface area contributed by atoms with E-state index in [0.717, 1.165) is 11.1 Å². The number of rotatable bonds is 6. The van der Waals surface area contributed by atoms with Crippen LogP contribution >= 0.6 is 0 Å². The Morgan fingerprint density at radius 3 is 2.72 bits per heavy atom. The van der Waals surface area contributed by atoms with Gasteiger partial charge in [0.05, 0.1) is 13.7 Å². The molecule has 0 unspecified atom stereocenters. The zero-order valence-electron chi connectivity index (χ0n) is 14.6. The van der Waals surface area contributed by atoms with Crippen molar-refractivity contribution in [3.63, 3.8) is 0 Å². The van der Waals surface area contributed by atoms with Crippen molar-refractivity contribution in [2.45, 2.75) is 13.8 Å². The molecule has 0 bridgehead atoms. The zero-order valence-corrected chi connectivity index (χ0v) is 14.6. The Morgan fingerprint density at radius 2 is 1.96 bits per heavy atom. The minimum atomic E-state index is -0.276. The summed E-state index contributed by atoms with van der Waals surface area (Å²) in [6.07, 6.45) is 0. The second-order valence-corrected chi connectivity index (χ2v) is 5.84. The van der Waals surface area contributed by atoms with Gasteiger partial charge in [-0.15, -0.1) is 0 Å². The lowest BCUT2D eigenvalue weighted by molar-refractivity contribution is 0.0921. The maximum Gasteiger partial charge on any atom is 0.287 e. The summed E-state index contributed by atoms with van der Waals surface area (Å²) >= 11 is 0. The van der Waals surface area contributed by atoms with E-state index >= 15 is 0 Å². The summed E-state index contributed by atoms with van der Waals surface area (Å²) in [7, 11) is 1.57. The largest absolute Gasteiger partial charge is 0.493 e. The van der Waals surface area contributed by atoms with Crippen LogP contribution < -0.4 is 14.8 Å². The van der Waals surface area contributed by atoms with Crippen LogP contribution in [0.15, 0.2) is 46.9 Å². The number of carbonyl (C=O) groups excluding carboxylic acids is 1. The molecule has 2 aromatic carbocycles. The van der Waals surface area contributed by atoms with Gasteiger partial charge in [0.25, 0.3) is 5.91 Å². The number of amides is 1. The Morgan fingerprint density at radius 1 is 1.12 bits per heavy atom. The van der Waals surface area contributed by atoms with E-state index in [9.17, 15) is 4.79 Å². The first-order valence-corrected chi connectivity index (χ1v) is 8.13. The van der Waals surface area contributed by atoms with Gasteiger partial charge >= 0.3 is 0 Å². The molecule has 1 amide bonds. The van der Waals surface area contributed by atoms with Crippen LogP contribution in [0.5, 0.6) is 11.5 Å². The molecule has 0 spiro atoms. The van der Waals surface area contributed by atoms with Gasteiger partial charge in [0.1, 0.15) is 12.4 Å². The Labute approximate surface area is 146 Å². The number of furan rings is 1. The molecule has 1 heterocycles. The van der Waals surface area contributed by atoms with Gasteiger partial charge in [0, 0.05) is 5.39 Å². The molecule has 5 nitrogen and oxygen atoms in total. The summed E-state index contributed by atoms with van der Waals surface area (Å²) in [5, 5.41) is 3.62. The molecule has 25 heavy (non-hydrogen) atoms. The van der Waals surface area contributed by atoms with Gasteiger partial charge in [-0.05, 0) is 49.2 Å². The van der Waals surface area contributed by atoms with E-state index in [1.54, 1.807) is 19.2 Å². The molecular weight excluding hydrogens is 318 g/mol. The first-order chi connectivity index (χ1) is 12.1. The third kappa shape index (κ3) is 3.76. The summed E-state index contributed by atoms with van der Waals surface area (Å²) in [6, 6.07) is 13.2. The first-order valence-electron chi connectivity index (χ1n) is 8.13. The number of hydrogen-bond donors (Lipinski definition) is 1. The minimum absolute atomic E-state index is 0.255. The highest BCUT2D eigenvalue weighted by Crippen LogP contribution is 2.28. The second-order valence-electron chi connectivity index (χ2n) is 5.84. The fourth-order valence-corrected chi connectivity index (χ4v) is 2.53. The van der Waals surface area contributed by atoms with Crippen molar-refractivity contribution in [2.75, 3.05) is 20.3 Å². The van der Waals surface area contributed by atoms with Crippen molar-refractivity contribution in [1.29, 1.82) is 0 Å². The topological polar surface area (TPSA) is 60.7 Å². The molecule has 0 atom stereocenters. The average Bonchev–Trinajstić information content (AvgIpc) is 3.05. The van der Waals surface area contributed by atoms with E-state index in [0.29, 0.717) is 24.5 Å². The molecule has 3 rings (SSSR count). The van der Waals surface area contributed by atoms with E-state index in [-0.39, 0.29) is 11.7 Å². The highest BCUT2D eigenvalue weighted by Gasteiger charge is 2.14. The van der Waals surface area contributed by atoms with Gasteiger partial charge in [-0.2, -0.15) is 0 Å². The van der Waals surface area contributed by atoms with Crippen LogP contribution in [0.1, 0.15) is 21.7 Å². The molecular formula is C20H21NO4. The molecule has 130 valence electrons. The van der Waals surface area contributed by atoms with Crippen molar-refractivity contribution in [3.8, 4) is 11.5 Å². The third-order valence-corrected chi connectivity index (χ3v) is 4.09. The molecule has 1 N–H and O–H groups in total. The van der Waals surface area contributed by atoms with Crippen LogP contribution in [0.4, 0.5) is 0 Å². The quantitative estimate of drug-likeness (QED) is 0.693. The fraction of sp³-hybridized carbons (Fsp3) is 0.250. The molecule has 0 saturated heterocycles. The van der Waals surface area contributed by atoms with E-state index in [2.05, 4.69) is 12.2 Å². The highest BCUT2D eigenvalue weighted by molar-refractivity contribution is 5.97. The summed E-state index contributed by atoms with van der Waals surface area (Å²) < 4.78 is 16.5. The number of methoxy groups -OCH3 is 1. The highest BCUT2D eigenvalue weighted by atomic mass is 16.5. The van der Waals surface area contributed by atoms with Gasteiger partial charge in [-0.25, -0.2) is 0 Å². The lowest BCUT2D eigenvalue weighted by atomic mass is 10.1. The maximum atomic E-state index is 12.2. The van der Waals surface area contributed by atoms with Crippen LogP contribution in [0.25, 0.3) is 11.0 Å². The molecule has 0 fully saturated rings. The van der Waals surface area contributed by atoms with Gasteiger partial charge in [0.15, 0.2) is 17.1 Å². The number of carbonyl (C=O) groups is 1. The number of ether oxygens (including phenoxy) is 2. The van der Waals surface area contributed by atoms with E-state index < -0.39 is 0 Å². The van der Waals surface area contributed by atoms with Crippen LogP contribution in [0.3, 0.4) is 0 Å². The Hall–Kier alpha value is -2.95. The number of para-hydroxylation sites is 1. The van der Waals surface area contributed by atoms with Gasteiger partial charge < -0.3 is 19.2 Å². The van der Waals surface area contributed by atoms with Crippen molar-refractivity contribution >= 4 is 16.9 Å². The predicted octanol–water partition coefficient (Wildman–Crippen LogP) is 3.87. The summed E-state index contributed by atoms with van der Waals surface area (Å²) in [6.45, 7) is 4.87. The fourth-order valence-electron chi connectivity index (χ4n) is 2.53. The molecule has 5 heteroatoms. The van der Waals surface area contributed by atoms with Crippen molar-refractivity contribution < 1.29 is 18.7 Å². The van der Waals surface area contributed by atoms with Crippen LogP contribution in [-0.4, -0.2) is 26.2 Å². The number of fused-ring (bicyclic) bond motifs is 1. The predicted molar refractivity (Wildman–Crippen MR) is 96.5 cm³/mol. The van der Waals surface area contributed by atoms with Crippen molar-refractivity contribution in [3.05, 3.63) is 59.4 Å². The maximum absolute atomic E-state index is 12.2. The normalized spacial score (nSPS) is 10.7. The SMILES string of the molecule is COc1cccc2cc(C(=O)NCCOc3ccc(C)c(C)c3)oc12. The monoisotopic (exact) mass is 339 g/mol. The number of benzene rings is 2. The lowest BCUT2D eigenvalue weighted by Crippen LogP contribution is -2.27. The smallest absolute Gasteiger partial charge is 0.287 e. The Balaban J connectivity index is 1.56. The molecule has 0 saturated carbocycles. The first kappa shape index (κ1) is 16.9. The molecule has 0 aliphatic rings. The summed E-state index contributed by atoms with van der Waals surface area (Å²) in [5.74, 6) is 1.38. The Kier molecular flexibility index (Phi) is 4.93. The second kappa shape index (κ2) is 7.30. The summed E-state index contributed by atoms with van der Waals surface area (Å²) in [5.41, 5.74) is 2.97. The molecule has 1 aromatic heterocycles. The molecule has 0 aliphatic heterocycles. The average molecular weight is 339 g/mol. The summed E-state index contributed by atoms with van der Waals surface area (Å²) in [4.78, 5) is 12.2. The minimum Gasteiger partial charge on any atom is -0.493 e. The van der Waals surface area contributed by atoms with Gasteiger partial charge in [-0.1, -0.05) is 18.2 Å². The van der Waals surface area contributed by atoms with Crippen molar-refractivity contribution in [1.82, 2.24) is 5.32 Å². The molecule has 0 aliphatic carbocycles. The lowest BCUT2D eigenvalue weighted by Gasteiger charge is -2.08. The molecule has 3 aromatic rings. The van der Waals surface area contributed by atoms with Crippen LogP contribution in [-0.2, 0) is 0 Å². The van der Waals surface area contributed by atoms with E-state index in [1.807, 2.05) is 37.3 Å². The van der Waals surface area contributed by atoms with Crippen molar-refractivity contribution in [2.24, 2.45) is 0 Å². The number of hydrogen-bond acceptors (Lipinski definition) is 4.